The molecule has 4 N–H and O–H groups in total. The summed E-state index contributed by atoms with van der Waals surface area (Å²) in [4.78, 5) is 65.9. The predicted octanol–water partition coefficient (Wildman–Crippen LogP) is 0.291. The van der Waals surface area contributed by atoms with Crippen molar-refractivity contribution >= 4 is 30.1 Å². The molecule has 10 heteroatoms. The monoisotopic (exact) mass is 451 g/mol. The number of nitrogens with zero attached hydrogens (tertiary/aromatic N) is 2. The van der Waals surface area contributed by atoms with Crippen molar-refractivity contribution in [3.63, 3.8) is 0 Å². The average molecular weight is 452 g/mol. The largest absolute Gasteiger partial charge is 0.345 e. The normalized spacial score (nSPS) is 18.6. The highest BCUT2D eigenvalue weighted by Crippen LogP contribution is 2.21. The third-order valence-corrected chi connectivity index (χ3v) is 5.69. The molecule has 0 bridgehead atoms. The van der Waals surface area contributed by atoms with Gasteiger partial charge in [0.25, 0.3) is 0 Å². The number of aldehydes is 1. The number of carbonyl (C=O) groups excluding carboxylic acids is 5. The van der Waals surface area contributed by atoms with Crippen LogP contribution in [0.1, 0.15) is 59.8 Å². The summed E-state index contributed by atoms with van der Waals surface area (Å²) >= 11 is 0. The molecule has 0 aromatic rings. The summed E-state index contributed by atoms with van der Waals surface area (Å²) in [6.45, 7) is 8.09. The first-order valence-corrected chi connectivity index (χ1v) is 11.3. The van der Waals surface area contributed by atoms with E-state index in [0.717, 1.165) is 0 Å². The van der Waals surface area contributed by atoms with Gasteiger partial charge in [0.2, 0.25) is 23.8 Å². The maximum absolute atomic E-state index is 13.3. The van der Waals surface area contributed by atoms with Crippen molar-refractivity contribution in [1.82, 2.24) is 15.5 Å². The Balaban J connectivity index is 2.93. The molecule has 1 saturated heterocycles. The van der Waals surface area contributed by atoms with E-state index in [2.05, 4.69) is 15.6 Å². The van der Waals surface area contributed by atoms with Crippen molar-refractivity contribution in [1.29, 1.82) is 0 Å². The van der Waals surface area contributed by atoms with Gasteiger partial charge in [-0.2, -0.15) is 4.99 Å². The number of unbranched alkanes of at least 4 members (excludes halogenated alkanes) is 1. The lowest BCUT2D eigenvalue weighted by Crippen LogP contribution is -2.57. The Kier molecular flexibility index (Phi) is 11.8. The lowest BCUT2D eigenvalue weighted by atomic mass is 10.0. The fourth-order valence-corrected chi connectivity index (χ4v) is 3.66. The van der Waals surface area contributed by atoms with Crippen molar-refractivity contribution in [2.24, 2.45) is 22.6 Å². The molecule has 3 amide bonds. The van der Waals surface area contributed by atoms with Crippen LogP contribution in [0.15, 0.2) is 4.99 Å². The molecule has 1 heterocycles. The Bertz CT molecular complexity index is 705. The van der Waals surface area contributed by atoms with E-state index < -0.39 is 30.1 Å². The second-order valence-electron chi connectivity index (χ2n) is 8.86. The number of aliphatic imine (C=N–C) groups is 1. The summed E-state index contributed by atoms with van der Waals surface area (Å²) in [5.41, 5.74) is 5.48. The minimum Gasteiger partial charge on any atom is -0.345 e. The lowest BCUT2D eigenvalue weighted by Gasteiger charge is -2.31. The van der Waals surface area contributed by atoms with Crippen LogP contribution < -0.4 is 16.4 Å². The molecule has 10 nitrogen and oxygen atoms in total. The minimum atomic E-state index is -0.940. The summed E-state index contributed by atoms with van der Waals surface area (Å²) < 4.78 is 0. The van der Waals surface area contributed by atoms with Crippen LogP contribution in [-0.2, 0) is 24.0 Å². The third kappa shape index (κ3) is 7.84. The van der Waals surface area contributed by atoms with Crippen molar-refractivity contribution < 1.29 is 24.0 Å². The van der Waals surface area contributed by atoms with Crippen LogP contribution in [0.25, 0.3) is 0 Å². The molecule has 0 saturated carbocycles. The molecular formula is C22H37N5O5. The third-order valence-electron chi connectivity index (χ3n) is 5.69. The van der Waals surface area contributed by atoms with Gasteiger partial charge in [0.1, 0.15) is 24.4 Å². The summed E-state index contributed by atoms with van der Waals surface area (Å²) in [7, 11) is 0. The quantitative estimate of drug-likeness (QED) is 0.158. The van der Waals surface area contributed by atoms with Gasteiger partial charge in [-0.15, -0.1) is 0 Å². The molecule has 1 fully saturated rings. The van der Waals surface area contributed by atoms with E-state index in [0.29, 0.717) is 51.5 Å². The van der Waals surface area contributed by atoms with Crippen LogP contribution in [0.2, 0.25) is 0 Å². The Morgan fingerprint density at radius 3 is 2.38 bits per heavy atom. The smallest absolute Gasteiger partial charge is 0.246 e. The van der Waals surface area contributed by atoms with Crippen LogP contribution in [0.4, 0.5) is 0 Å². The molecule has 4 atom stereocenters. The first-order valence-electron chi connectivity index (χ1n) is 11.3. The van der Waals surface area contributed by atoms with E-state index in [1.54, 1.807) is 13.8 Å². The molecule has 1 aliphatic rings. The highest BCUT2D eigenvalue weighted by molar-refractivity contribution is 5.94. The van der Waals surface area contributed by atoms with Gasteiger partial charge < -0.3 is 26.1 Å². The molecule has 0 spiro atoms. The number of likely N-dealkylation sites (tertiary alicyclic amines) is 1. The predicted molar refractivity (Wildman–Crippen MR) is 119 cm³/mol. The Morgan fingerprint density at radius 1 is 1.16 bits per heavy atom. The zero-order chi connectivity index (χ0) is 24.3. The van der Waals surface area contributed by atoms with Gasteiger partial charge in [-0.1, -0.05) is 27.7 Å². The summed E-state index contributed by atoms with van der Waals surface area (Å²) in [6.07, 6.45) is 4.88. The number of carbonyl (C=O) groups is 4. The molecule has 0 unspecified atom stereocenters. The highest BCUT2D eigenvalue weighted by Gasteiger charge is 2.39. The minimum absolute atomic E-state index is 0.0701. The number of nitrogens with one attached hydrogen (secondary N) is 2. The number of hydrogen-bond acceptors (Lipinski definition) is 7. The summed E-state index contributed by atoms with van der Waals surface area (Å²) in [5.74, 6) is -1.59. The maximum atomic E-state index is 13.3. The van der Waals surface area contributed by atoms with Gasteiger partial charge in [0, 0.05) is 6.54 Å². The van der Waals surface area contributed by atoms with Crippen LogP contribution >= 0.6 is 0 Å². The SMILES string of the molecule is CC(C)[C@H](NC(=O)[C@H](CCCCN)N=C=O)C(=O)N1CCC[C@H]1C(=O)N[C@H](C=O)C(C)C. The van der Waals surface area contributed by atoms with Crippen LogP contribution in [0.3, 0.4) is 0 Å². The number of hydrogen-bond donors (Lipinski definition) is 3. The number of isocyanates is 1. The van der Waals surface area contributed by atoms with E-state index in [-0.39, 0.29) is 23.7 Å². The first-order chi connectivity index (χ1) is 15.2. The molecule has 0 aromatic carbocycles. The van der Waals surface area contributed by atoms with Crippen molar-refractivity contribution in [3.05, 3.63) is 0 Å². The van der Waals surface area contributed by atoms with Gasteiger partial charge in [0.05, 0.1) is 6.04 Å². The van der Waals surface area contributed by atoms with Gasteiger partial charge in [0.15, 0.2) is 0 Å². The molecular weight excluding hydrogens is 414 g/mol. The summed E-state index contributed by atoms with van der Waals surface area (Å²) in [5, 5.41) is 5.42. The van der Waals surface area contributed by atoms with Crippen LogP contribution in [0.5, 0.6) is 0 Å². The van der Waals surface area contributed by atoms with Gasteiger partial charge in [-0.05, 0) is 50.5 Å². The second-order valence-corrected chi connectivity index (χ2v) is 8.86. The first kappa shape index (κ1) is 27.5. The molecule has 0 aromatic heterocycles. The number of rotatable bonds is 13. The highest BCUT2D eigenvalue weighted by atomic mass is 16.2. The zero-order valence-corrected chi connectivity index (χ0v) is 19.5. The molecule has 0 aliphatic carbocycles. The summed E-state index contributed by atoms with van der Waals surface area (Å²) in [6, 6.07) is -3.14. The fourth-order valence-electron chi connectivity index (χ4n) is 3.66. The zero-order valence-electron chi connectivity index (χ0n) is 19.5. The Hall–Kier alpha value is -2.58. The number of amides is 3. The molecule has 1 rings (SSSR count). The Morgan fingerprint density at radius 2 is 1.84 bits per heavy atom. The topological polar surface area (TPSA) is 151 Å². The van der Waals surface area contributed by atoms with Crippen molar-refractivity contribution in [2.45, 2.75) is 84.0 Å². The molecule has 180 valence electrons. The Labute approximate surface area is 189 Å². The van der Waals surface area contributed by atoms with E-state index in [4.69, 9.17) is 5.73 Å². The van der Waals surface area contributed by atoms with Crippen LogP contribution in [0, 0.1) is 11.8 Å². The second kappa shape index (κ2) is 13.8. The van der Waals surface area contributed by atoms with Crippen molar-refractivity contribution in [3.8, 4) is 0 Å². The van der Waals surface area contributed by atoms with E-state index in [1.165, 1.54) is 11.0 Å². The average Bonchev–Trinajstić information content (AvgIpc) is 3.24. The van der Waals surface area contributed by atoms with Gasteiger partial charge >= 0.3 is 0 Å². The number of nitrogens with two attached hydrogens (primary N) is 1. The lowest BCUT2D eigenvalue weighted by molar-refractivity contribution is -0.143. The van der Waals surface area contributed by atoms with Gasteiger partial charge in [-0.3, -0.25) is 14.4 Å². The maximum Gasteiger partial charge on any atom is 0.246 e. The van der Waals surface area contributed by atoms with Crippen molar-refractivity contribution in [2.75, 3.05) is 13.1 Å². The standard InChI is InChI=1S/C22H37N5O5/c1-14(2)17(12-28)25-21(31)18-9-7-11-27(18)22(32)19(15(3)4)26-20(30)16(24-13-29)8-5-6-10-23/h12,14-19H,5-11,23H2,1-4H3,(H,25,31)(H,26,30)/t16-,17+,18-,19-/m0/s1. The van der Waals surface area contributed by atoms with Gasteiger partial charge in [-0.25, -0.2) is 4.79 Å². The molecule has 0 radical (unpaired) electrons. The van der Waals surface area contributed by atoms with E-state index >= 15 is 0 Å². The van der Waals surface area contributed by atoms with Crippen LogP contribution in [-0.4, -0.2) is 72.2 Å². The molecule has 1 aliphatic heterocycles. The van der Waals surface area contributed by atoms with E-state index in [1.807, 2.05) is 13.8 Å². The molecule has 32 heavy (non-hydrogen) atoms. The fraction of sp³-hybridized carbons (Fsp3) is 0.773. The van der Waals surface area contributed by atoms with E-state index in [9.17, 15) is 24.0 Å².